The zero-order valence-corrected chi connectivity index (χ0v) is 12.5. The highest BCUT2D eigenvalue weighted by Gasteiger charge is 2.41. The highest BCUT2D eigenvalue weighted by Crippen LogP contribution is 2.39. The van der Waals surface area contributed by atoms with Crippen LogP contribution in [0, 0.1) is 0 Å². The molecule has 2 aliphatic heterocycles. The van der Waals surface area contributed by atoms with Crippen LogP contribution in [0.15, 0.2) is 12.4 Å². The molecule has 2 unspecified atom stereocenters. The quantitative estimate of drug-likeness (QED) is 0.854. The molecule has 106 valence electrons. The summed E-state index contributed by atoms with van der Waals surface area (Å²) >= 11 is 2.00. The van der Waals surface area contributed by atoms with Gasteiger partial charge in [0.05, 0.1) is 24.6 Å². The van der Waals surface area contributed by atoms with E-state index in [4.69, 9.17) is 9.47 Å². The standard InChI is InChI=1S/C14H22N2O2S/c1-11(2)16-9-13(8-15-16)18-12-3-5-17-14(7-12)4-6-19-10-14/h8-9,11-12H,3-7,10H2,1-2H3. The fourth-order valence-electron chi connectivity index (χ4n) is 2.80. The van der Waals surface area contributed by atoms with Crippen molar-refractivity contribution in [3.63, 3.8) is 0 Å². The maximum absolute atomic E-state index is 6.10. The molecule has 5 heteroatoms. The molecule has 0 radical (unpaired) electrons. The smallest absolute Gasteiger partial charge is 0.157 e. The second-order valence-electron chi connectivity index (χ2n) is 5.82. The Morgan fingerprint density at radius 2 is 2.47 bits per heavy atom. The number of thioether (sulfide) groups is 1. The lowest BCUT2D eigenvalue weighted by molar-refractivity contribution is -0.0959. The maximum atomic E-state index is 6.10. The summed E-state index contributed by atoms with van der Waals surface area (Å²) in [5.74, 6) is 3.23. The Kier molecular flexibility index (Phi) is 3.76. The number of rotatable bonds is 3. The molecule has 3 heterocycles. The van der Waals surface area contributed by atoms with Crippen LogP contribution in [0.4, 0.5) is 0 Å². The fraction of sp³-hybridized carbons (Fsp3) is 0.786. The Hall–Kier alpha value is -0.680. The lowest BCUT2D eigenvalue weighted by Gasteiger charge is -2.37. The topological polar surface area (TPSA) is 36.3 Å². The monoisotopic (exact) mass is 282 g/mol. The highest BCUT2D eigenvalue weighted by molar-refractivity contribution is 7.99. The summed E-state index contributed by atoms with van der Waals surface area (Å²) < 4.78 is 14.1. The minimum absolute atomic E-state index is 0.0849. The molecule has 2 aliphatic rings. The Bertz CT molecular complexity index is 427. The first-order valence-corrected chi connectivity index (χ1v) is 8.25. The van der Waals surface area contributed by atoms with Gasteiger partial charge < -0.3 is 9.47 Å². The Morgan fingerprint density at radius 3 is 3.16 bits per heavy atom. The predicted octanol–water partition coefficient (Wildman–Crippen LogP) is 2.90. The zero-order chi connectivity index (χ0) is 13.3. The van der Waals surface area contributed by atoms with Gasteiger partial charge in [-0.2, -0.15) is 16.9 Å². The molecule has 1 spiro atoms. The Balaban J connectivity index is 1.62. The van der Waals surface area contributed by atoms with E-state index in [1.54, 1.807) is 0 Å². The Morgan fingerprint density at radius 1 is 1.58 bits per heavy atom. The zero-order valence-electron chi connectivity index (χ0n) is 11.7. The molecule has 2 fully saturated rings. The van der Waals surface area contributed by atoms with Crippen LogP contribution >= 0.6 is 11.8 Å². The second-order valence-corrected chi connectivity index (χ2v) is 6.92. The predicted molar refractivity (Wildman–Crippen MR) is 76.9 cm³/mol. The molecule has 0 aromatic carbocycles. The normalized spacial score (nSPS) is 31.2. The number of aromatic nitrogens is 2. The highest BCUT2D eigenvalue weighted by atomic mass is 32.2. The van der Waals surface area contributed by atoms with Crippen molar-refractivity contribution in [1.82, 2.24) is 9.78 Å². The first kappa shape index (κ1) is 13.3. The van der Waals surface area contributed by atoms with Gasteiger partial charge in [-0.3, -0.25) is 4.68 Å². The van der Waals surface area contributed by atoms with Gasteiger partial charge in [-0.25, -0.2) is 0 Å². The van der Waals surface area contributed by atoms with Crippen molar-refractivity contribution in [1.29, 1.82) is 0 Å². The average molecular weight is 282 g/mol. The van der Waals surface area contributed by atoms with E-state index >= 15 is 0 Å². The van der Waals surface area contributed by atoms with Crippen LogP contribution in [-0.4, -0.2) is 39.6 Å². The van der Waals surface area contributed by atoms with Crippen LogP contribution in [-0.2, 0) is 4.74 Å². The summed E-state index contributed by atoms with van der Waals surface area (Å²) in [7, 11) is 0. The van der Waals surface area contributed by atoms with E-state index in [1.807, 2.05) is 28.8 Å². The lowest BCUT2D eigenvalue weighted by Crippen LogP contribution is -2.43. The van der Waals surface area contributed by atoms with Crippen molar-refractivity contribution in [3.8, 4) is 5.75 Å². The molecule has 2 saturated heterocycles. The number of hydrogen-bond acceptors (Lipinski definition) is 4. The molecule has 3 rings (SSSR count). The van der Waals surface area contributed by atoms with Gasteiger partial charge in [-0.1, -0.05) is 0 Å². The van der Waals surface area contributed by atoms with Crippen LogP contribution in [0.1, 0.15) is 39.2 Å². The molecule has 0 saturated carbocycles. The van der Waals surface area contributed by atoms with E-state index < -0.39 is 0 Å². The van der Waals surface area contributed by atoms with Crippen molar-refractivity contribution in [3.05, 3.63) is 12.4 Å². The summed E-state index contributed by atoms with van der Waals surface area (Å²) in [6.07, 6.45) is 7.27. The molecular weight excluding hydrogens is 260 g/mol. The van der Waals surface area contributed by atoms with Crippen molar-refractivity contribution >= 4 is 11.8 Å². The van der Waals surface area contributed by atoms with Crippen LogP contribution in [0.3, 0.4) is 0 Å². The van der Waals surface area contributed by atoms with Crippen LogP contribution < -0.4 is 4.74 Å². The van der Waals surface area contributed by atoms with Gasteiger partial charge in [0.25, 0.3) is 0 Å². The molecule has 0 N–H and O–H groups in total. The first-order chi connectivity index (χ1) is 9.17. The van der Waals surface area contributed by atoms with E-state index in [2.05, 4.69) is 18.9 Å². The van der Waals surface area contributed by atoms with Gasteiger partial charge in [0, 0.05) is 24.6 Å². The van der Waals surface area contributed by atoms with Crippen LogP contribution in [0.25, 0.3) is 0 Å². The average Bonchev–Trinajstić information content (AvgIpc) is 3.00. The van der Waals surface area contributed by atoms with E-state index in [-0.39, 0.29) is 11.7 Å². The molecule has 4 nitrogen and oxygen atoms in total. The molecule has 1 aromatic heterocycles. The van der Waals surface area contributed by atoms with Gasteiger partial charge in [-0.15, -0.1) is 0 Å². The van der Waals surface area contributed by atoms with Gasteiger partial charge in [0.2, 0.25) is 0 Å². The van der Waals surface area contributed by atoms with E-state index in [1.165, 1.54) is 12.2 Å². The molecule has 19 heavy (non-hydrogen) atoms. The van der Waals surface area contributed by atoms with Gasteiger partial charge >= 0.3 is 0 Å². The number of ether oxygens (including phenoxy) is 2. The number of hydrogen-bond donors (Lipinski definition) is 0. The molecule has 0 bridgehead atoms. The van der Waals surface area contributed by atoms with Crippen molar-refractivity contribution in [2.24, 2.45) is 0 Å². The van der Waals surface area contributed by atoms with Crippen molar-refractivity contribution in [2.75, 3.05) is 18.1 Å². The van der Waals surface area contributed by atoms with Crippen molar-refractivity contribution < 1.29 is 9.47 Å². The fourth-order valence-corrected chi connectivity index (χ4v) is 4.18. The van der Waals surface area contributed by atoms with Crippen LogP contribution in [0.5, 0.6) is 5.75 Å². The van der Waals surface area contributed by atoms with Gasteiger partial charge in [-0.05, 0) is 26.0 Å². The molecule has 1 aromatic rings. The minimum Gasteiger partial charge on any atom is -0.487 e. The lowest BCUT2D eigenvalue weighted by atomic mass is 9.91. The molecular formula is C14H22N2O2S. The molecule has 0 aliphatic carbocycles. The summed E-state index contributed by atoms with van der Waals surface area (Å²) in [4.78, 5) is 0. The molecule has 0 amide bonds. The van der Waals surface area contributed by atoms with E-state index in [0.29, 0.717) is 6.04 Å². The second kappa shape index (κ2) is 5.37. The summed E-state index contributed by atoms with van der Waals surface area (Å²) in [6, 6.07) is 0.379. The minimum atomic E-state index is 0.0849. The molecule has 2 atom stereocenters. The third kappa shape index (κ3) is 2.92. The van der Waals surface area contributed by atoms with E-state index in [0.717, 1.165) is 31.0 Å². The summed E-state index contributed by atoms with van der Waals surface area (Å²) in [5.41, 5.74) is 0.0849. The largest absolute Gasteiger partial charge is 0.487 e. The van der Waals surface area contributed by atoms with Gasteiger partial charge in [0.15, 0.2) is 5.75 Å². The summed E-state index contributed by atoms with van der Waals surface area (Å²) in [6.45, 7) is 5.06. The Labute approximate surface area is 118 Å². The first-order valence-electron chi connectivity index (χ1n) is 7.09. The third-order valence-electron chi connectivity index (χ3n) is 3.92. The SMILES string of the molecule is CC(C)n1cc(OC2CCOC3(CCSC3)C2)cn1. The van der Waals surface area contributed by atoms with E-state index in [9.17, 15) is 0 Å². The van der Waals surface area contributed by atoms with Crippen molar-refractivity contribution in [2.45, 2.75) is 50.9 Å². The third-order valence-corrected chi connectivity index (χ3v) is 5.15. The summed E-state index contributed by atoms with van der Waals surface area (Å²) in [5, 5.41) is 4.33. The van der Waals surface area contributed by atoms with Crippen LogP contribution in [0.2, 0.25) is 0 Å². The number of nitrogens with zero attached hydrogens (tertiary/aromatic N) is 2. The maximum Gasteiger partial charge on any atom is 0.157 e. The van der Waals surface area contributed by atoms with Gasteiger partial charge in [0.1, 0.15) is 6.10 Å².